The highest BCUT2D eigenvalue weighted by molar-refractivity contribution is 7.09. The van der Waals surface area contributed by atoms with E-state index in [9.17, 15) is 4.79 Å². The number of aryl methyl sites for hydroxylation is 4. The molecule has 0 N–H and O–H groups in total. The third-order valence-corrected chi connectivity index (χ3v) is 4.08. The van der Waals surface area contributed by atoms with E-state index in [-0.39, 0.29) is 5.78 Å². The van der Waals surface area contributed by atoms with Gasteiger partial charge in [0.1, 0.15) is 5.78 Å². The van der Waals surface area contributed by atoms with Crippen LogP contribution in [0.2, 0.25) is 0 Å². The molecule has 0 unspecified atom stereocenters. The number of carbonyl (C=O) groups is 1. The quantitative estimate of drug-likeness (QED) is 0.849. The first kappa shape index (κ1) is 13.9. The molecule has 2 rings (SSSR count). The minimum Gasteiger partial charge on any atom is -0.299 e. The predicted octanol–water partition coefficient (Wildman–Crippen LogP) is 3.73. The number of nitrogens with zero attached hydrogens (tertiary/aromatic N) is 1. The van der Waals surface area contributed by atoms with Crippen molar-refractivity contribution in [3.05, 3.63) is 50.5 Å². The van der Waals surface area contributed by atoms with Crippen molar-refractivity contribution < 1.29 is 4.79 Å². The Balaban J connectivity index is 2.11. The van der Waals surface area contributed by atoms with Crippen LogP contribution < -0.4 is 0 Å². The SMILES string of the molecule is Cc1cc(C)c(CC(=O)Cc2csc(C)n2)c(C)c1. The lowest BCUT2D eigenvalue weighted by Crippen LogP contribution is -2.09. The summed E-state index contributed by atoms with van der Waals surface area (Å²) in [6.07, 6.45) is 0.950. The Labute approximate surface area is 118 Å². The highest BCUT2D eigenvalue weighted by Crippen LogP contribution is 2.18. The van der Waals surface area contributed by atoms with E-state index in [4.69, 9.17) is 0 Å². The number of hydrogen-bond donors (Lipinski definition) is 0. The van der Waals surface area contributed by atoms with Gasteiger partial charge in [-0.1, -0.05) is 17.7 Å². The van der Waals surface area contributed by atoms with E-state index in [1.165, 1.54) is 22.3 Å². The number of thiazole rings is 1. The Kier molecular flexibility index (Phi) is 4.15. The number of Topliss-reactive ketones (excluding diaryl/α,β-unsaturated/α-hetero) is 1. The molecule has 2 aromatic rings. The monoisotopic (exact) mass is 273 g/mol. The molecule has 0 bridgehead atoms. The Morgan fingerprint density at radius 1 is 1.11 bits per heavy atom. The third kappa shape index (κ3) is 3.51. The van der Waals surface area contributed by atoms with Gasteiger partial charge in [-0.2, -0.15) is 0 Å². The summed E-state index contributed by atoms with van der Waals surface area (Å²) in [4.78, 5) is 16.5. The largest absolute Gasteiger partial charge is 0.299 e. The van der Waals surface area contributed by atoms with Crippen molar-refractivity contribution in [3.8, 4) is 0 Å². The minimum absolute atomic E-state index is 0.236. The number of ketones is 1. The number of aromatic nitrogens is 1. The van der Waals surface area contributed by atoms with Crippen LogP contribution in [0.1, 0.15) is 33.0 Å². The molecule has 0 spiro atoms. The normalized spacial score (nSPS) is 10.7. The Hall–Kier alpha value is -1.48. The molecule has 19 heavy (non-hydrogen) atoms. The molecule has 0 radical (unpaired) electrons. The van der Waals surface area contributed by atoms with Gasteiger partial charge in [-0.25, -0.2) is 4.98 Å². The Bertz CT molecular complexity index is 590. The summed E-state index contributed by atoms with van der Waals surface area (Å²) in [7, 11) is 0. The van der Waals surface area contributed by atoms with Crippen molar-refractivity contribution in [1.82, 2.24) is 4.98 Å². The van der Waals surface area contributed by atoms with Crippen LogP contribution in [0.4, 0.5) is 0 Å². The molecular weight excluding hydrogens is 254 g/mol. The van der Waals surface area contributed by atoms with Crippen LogP contribution in [0.3, 0.4) is 0 Å². The van der Waals surface area contributed by atoms with Gasteiger partial charge >= 0.3 is 0 Å². The molecule has 3 heteroatoms. The summed E-state index contributed by atoms with van der Waals surface area (Å²) in [5, 5.41) is 2.99. The van der Waals surface area contributed by atoms with Gasteiger partial charge in [0.2, 0.25) is 0 Å². The molecule has 0 aliphatic carbocycles. The lowest BCUT2D eigenvalue weighted by atomic mass is 9.95. The number of hydrogen-bond acceptors (Lipinski definition) is 3. The fraction of sp³-hybridized carbons (Fsp3) is 0.375. The standard InChI is InChI=1S/C16H19NOS/c1-10-5-11(2)16(12(3)6-10)8-15(18)7-14-9-19-13(4)17-14/h5-6,9H,7-8H2,1-4H3. The molecule has 0 saturated carbocycles. The number of rotatable bonds is 4. The summed E-state index contributed by atoms with van der Waals surface area (Å²) in [6, 6.07) is 4.28. The van der Waals surface area contributed by atoms with Crippen molar-refractivity contribution >= 4 is 17.1 Å². The van der Waals surface area contributed by atoms with E-state index in [0.29, 0.717) is 12.8 Å². The molecule has 1 heterocycles. The second-order valence-electron chi connectivity index (χ2n) is 5.13. The summed E-state index contributed by atoms with van der Waals surface area (Å²) in [5.74, 6) is 0.236. The van der Waals surface area contributed by atoms with Crippen LogP contribution in [0, 0.1) is 27.7 Å². The molecule has 0 fully saturated rings. The lowest BCUT2D eigenvalue weighted by molar-refractivity contribution is -0.117. The van der Waals surface area contributed by atoms with Gasteiger partial charge < -0.3 is 0 Å². The van der Waals surface area contributed by atoms with E-state index >= 15 is 0 Å². The number of benzene rings is 1. The summed E-state index contributed by atoms with van der Waals surface area (Å²) in [5.41, 5.74) is 5.74. The smallest absolute Gasteiger partial charge is 0.143 e. The molecule has 0 amide bonds. The van der Waals surface area contributed by atoms with Crippen molar-refractivity contribution in [1.29, 1.82) is 0 Å². The third-order valence-electron chi connectivity index (χ3n) is 3.26. The van der Waals surface area contributed by atoms with Gasteiger partial charge in [-0.15, -0.1) is 11.3 Å². The maximum Gasteiger partial charge on any atom is 0.143 e. The van der Waals surface area contributed by atoms with E-state index < -0.39 is 0 Å². The zero-order valence-electron chi connectivity index (χ0n) is 11.9. The van der Waals surface area contributed by atoms with Crippen molar-refractivity contribution in [2.45, 2.75) is 40.5 Å². The van der Waals surface area contributed by atoms with Gasteiger partial charge in [0, 0.05) is 18.2 Å². The first-order chi connectivity index (χ1) is 8.95. The van der Waals surface area contributed by atoms with Crippen molar-refractivity contribution in [3.63, 3.8) is 0 Å². The van der Waals surface area contributed by atoms with E-state index in [0.717, 1.165) is 10.7 Å². The first-order valence-corrected chi connectivity index (χ1v) is 7.33. The average Bonchev–Trinajstić information content (AvgIpc) is 2.69. The zero-order valence-corrected chi connectivity index (χ0v) is 12.7. The highest BCUT2D eigenvalue weighted by atomic mass is 32.1. The molecule has 1 aromatic heterocycles. The Morgan fingerprint density at radius 3 is 2.26 bits per heavy atom. The fourth-order valence-corrected chi connectivity index (χ4v) is 3.05. The van der Waals surface area contributed by atoms with Gasteiger partial charge in [0.05, 0.1) is 10.7 Å². The second-order valence-corrected chi connectivity index (χ2v) is 6.19. The van der Waals surface area contributed by atoms with E-state index in [1.807, 2.05) is 12.3 Å². The number of carbonyl (C=O) groups excluding carboxylic acids is 1. The van der Waals surface area contributed by atoms with Gasteiger partial charge in [0.15, 0.2) is 0 Å². The van der Waals surface area contributed by atoms with Crippen LogP contribution in [0.5, 0.6) is 0 Å². The first-order valence-electron chi connectivity index (χ1n) is 6.45. The van der Waals surface area contributed by atoms with Crippen LogP contribution in [0.15, 0.2) is 17.5 Å². The molecule has 1 aromatic carbocycles. The summed E-state index contributed by atoms with van der Waals surface area (Å²) < 4.78 is 0. The predicted molar refractivity (Wildman–Crippen MR) is 79.9 cm³/mol. The topological polar surface area (TPSA) is 30.0 Å². The minimum atomic E-state index is 0.236. The average molecular weight is 273 g/mol. The maximum absolute atomic E-state index is 12.1. The Morgan fingerprint density at radius 2 is 1.74 bits per heavy atom. The second kappa shape index (κ2) is 5.66. The van der Waals surface area contributed by atoms with E-state index in [2.05, 4.69) is 37.9 Å². The molecule has 0 aliphatic rings. The van der Waals surface area contributed by atoms with Crippen molar-refractivity contribution in [2.24, 2.45) is 0 Å². The summed E-state index contributed by atoms with van der Waals surface area (Å²) in [6.45, 7) is 8.21. The summed E-state index contributed by atoms with van der Waals surface area (Å²) >= 11 is 1.60. The molecule has 100 valence electrons. The van der Waals surface area contributed by atoms with Gasteiger partial charge in [-0.3, -0.25) is 4.79 Å². The van der Waals surface area contributed by atoms with Gasteiger partial charge in [-0.05, 0) is 44.4 Å². The molecule has 2 nitrogen and oxygen atoms in total. The zero-order chi connectivity index (χ0) is 14.0. The maximum atomic E-state index is 12.1. The van der Waals surface area contributed by atoms with Crippen LogP contribution >= 0.6 is 11.3 Å². The van der Waals surface area contributed by atoms with E-state index in [1.54, 1.807) is 11.3 Å². The highest BCUT2D eigenvalue weighted by Gasteiger charge is 2.11. The van der Waals surface area contributed by atoms with Crippen molar-refractivity contribution in [2.75, 3.05) is 0 Å². The lowest BCUT2D eigenvalue weighted by Gasteiger charge is -2.10. The van der Waals surface area contributed by atoms with Crippen LogP contribution in [-0.4, -0.2) is 10.8 Å². The molecule has 0 atom stereocenters. The van der Waals surface area contributed by atoms with Gasteiger partial charge in [0.25, 0.3) is 0 Å². The molecular formula is C16H19NOS. The molecule has 0 aliphatic heterocycles. The molecule has 0 saturated heterocycles. The van der Waals surface area contributed by atoms with Crippen LogP contribution in [-0.2, 0) is 17.6 Å². The fourth-order valence-electron chi connectivity index (χ4n) is 2.44. The van der Waals surface area contributed by atoms with Crippen LogP contribution in [0.25, 0.3) is 0 Å².